The van der Waals surface area contributed by atoms with Gasteiger partial charge in [0.15, 0.2) is 0 Å². The van der Waals surface area contributed by atoms with Crippen LogP contribution in [0.4, 0.5) is 5.69 Å². The maximum absolute atomic E-state index is 12.6. The number of aromatic nitrogens is 4. The maximum atomic E-state index is 12.6. The third-order valence-corrected chi connectivity index (χ3v) is 3.64. The molecule has 0 unspecified atom stereocenters. The molecule has 0 saturated carbocycles. The van der Waals surface area contributed by atoms with Crippen molar-refractivity contribution in [3.63, 3.8) is 0 Å². The van der Waals surface area contributed by atoms with Gasteiger partial charge in [0.05, 0.1) is 18.1 Å². The average Bonchev–Trinajstić information content (AvgIpc) is 3.16. The van der Waals surface area contributed by atoms with Crippen molar-refractivity contribution in [1.82, 2.24) is 19.7 Å². The van der Waals surface area contributed by atoms with E-state index in [2.05, 4.69) is 20.4 Å². The van der Waals surface area contributed by atoms with E-state index < -0.39 is 0 Å². The van der Waals surface area contributed by atoms with Crippen LogP contribution in [-0.2, 0) is 0 Å². The summed E-state index contributed by atoms with van der Waals surface area (Å²) >= 11 is 0. The zero-order valence-electron chi connectivity index (χ0n) is 12.6. The Balaban J connectivity index is 1.59. The van der Waals surface area contributed by atoms with Gasteiger partial charge in [-0.25, -0.2) is 14.6 Å². The Hall–Kier alpha value is -3.54. The highest BCUT2D eigenvalue weighted by Gasteiger charge is 2.10. The van der Waals surface area contributed by atoms with Gasteiger partial charge >= 0.3 is 0 Å². The van der Waals surface area contributed by atoms with Crippen LogP contribution in [0.15, 0.2) is 73.3 Å². The van der Waals surface area contributed by atoms with Gasteiger partial charge in [-0.05, 0) is 22.9 Å². The second kappa shape index (κ2) is 5.92. The number of benzene rings is 2. The lowest BCUT2D eigenvalue weighted by molar-refractivity contribution is 0.102. The molecule has 0 spiro atoms. The number of carbonyl (C=O) groups excluding carboxylic acids is 1. The van der Waals surface area contributed by atoms with E-state index in [4.69, 9.17) is 0 Å². The van der Waals surface area contributed by atoms with Crippen molar-refractivity contribution in [2.45, 2.75) is 0 Å². The molecule has 2 aromatic carbocycles. The Morgan fingerprint density at radius 1 is 0.958 bits per heavy atom. The third-order valence-electron chi connectivity index (χ3n) is 3.64. The number of carbonyl (C=O) groups is 1. The van der Waals surface area contributed by atoms with Crippen LogP contribution in [0.1, 0.15) is 10.4 Å². The molecule has 0 saturated heterocycles. The molecule has 0 atom stereocenters. The van der Waals surface area contributed by atoms with Crippen molar-refractivity contribution in [1.29, 1.82) is 0 Å². The molecular formula is C18H13N5O. The summed E-state index contributed by atoms with van der Waals surface area (Å²) < 4.78 is 1.55. The molecule has 1 amide bonds. The maximum Gasteiger partial charge on any atom is 0.256 e. The Bertz CT molecular complexity index is 988. The SMILES string of the molecule is O=C(Nc1cnc(-n2cccn2)nc1)c1cccc2ccccc12. The number of rotatable bonds is 3. The molecule has 116 valence electrons. The summed E-state index contributed by atoms with van der Waals surface area (Å²) in [5.74, 6) is 0.255. The van der Waals surface area contributed by atoms with Crippen LogP contribution in [0.3, 0.4) is 0 Å². The van der Waals surface area contributed by atoms with Crippen molar-refractivity contribution < 1.29 is 4.79 Å². The minimum atomic E-state index is -0.192. The van der Waals surface area contributed by atoms with Crippen LogP contribution in [0.25, 0.3) is 16.7 Å². The summed E-state index contributed by atoms with van der Waals surface area (Å²) in [5.41, 5.74) is 1.15. The van der Waals surface area contributed by atoms with E-state index in [0.717, 1.165) is 10.8 Å². The summed E-state index contributed by atoms with van der Waals surface area (Å²) in [5, 5.41) is 8.82. The number of amides is 1. The average molecular weight is 315 g/mol. The smallest absolute Gasteiger partial charge is 0.256 e. The number of fused-ring (bicyclic) bond motifs is 1. The van der Waals surface area contributed by atoms with Crippen LogP contribution in [0, 0.1) is 0 Å². The van der Waals surface area contributed by atoms with Crippen molar-refractivity contribution in [2.75, 3.05) is 5.32 Å². The second-order valence-corrected chi connectivity index (χ2v) is 5.20. The van der Waals surface area contributed by atoms with Gasteiger partial charge in [0.25, 0.3) is 11.9 Å². The van der Waals surface area contributed by atoms with Gasteiger partial charge in [-0.3, -0.25) is 4.79 Å². The quantitative estimate of drug-likeness (QED) is 0.630. The molecule has 0 aliphatic heterocycles. The molecule has 4 rings (SSSR count). The highest BCUT2D eigenvalue weighted by molar-refractivity contribution is 6.12. The Morgan fingerprint density at radius 2 is 1.75 bits per heavy atom. The lowest BCUT2D eigenvalue weighted by Gasteiger charge is -2.08. The molecule has 24 heavy (non-hydrogen) atoms. The van der Waals surface area contributed by atoms with Crippen molar-refractivity contribution in [3.05, 3.63) is 78.9 Å². The summed E-state index contributed by atoms with van der Waals surface area (Å²) in [6.07, 6.45) is 6.53. The Labute approximate surface area is 137 Å². The summed E-state index contributed by atoms with van der Waals surface area (Å²) in [6, 6.07) is 15.2. The second-order valence-electron chi connectivity index (χ2n) is 5.20. The van der Waals surface area contributed by atoms with Crippen LogP contribution < -0.4 is 5.32 Å². The Morgan fingerprint density at radius 3 is 2.54 bits per heavy atom. The highest BCUT2D eigenvalue weighted by atomic mass is 16.1. The predicted octanol–water partition coefficient (Wildman–Crippen LogP) is 3.07. The van der Waals surface area contributed by atoms with Crippen LogP contribution in [0.5, 0.6) is 0 Å². The molecular weight excluding hydrogens is 302 g/mol. The van der Waals surface area contributed by atoms with E-state index in [1.165, 1.54) is 0 Å². The molecule has 2 heterocycles. The van der Waals surface area contributed by atoms with E-state index in [1.54, 1.807) is 41.6 Å². The minimum absolute atomic E-state index is 0.192. The molecule has 4 aromatic rings. The number of hydrogen-bond donors (Lipinski definition) is 1. The first-order chi connectivity index (χ1) is 11.8. The van der Waals surface area contributed by atoms with Crippen LogP contribution in [0.2, 0.25) is 0 Å². The highest BCUT2D eigenvalue weighted by Crippen LogP contribution is 2.19. The fourth-order valence-corrected chi connectivity index (χ4v) is 2.51. The van der Waals surface area contributed by atoms with E-state index in [1.807, 2.05) is 36.4 Å². The monoisotopic (exact) mass is 315 g/mol. The molecule has 1 N–H and O–H groups in total. The van der Waals surface area contributed by atoms with Gasteiger partial charge in [-0.1, -0.05) is 36.4 Å². The first-order valence-corrected chi connectivity index (χ1v) is 7.42. The van der Waals surface area contributed by atoms with E-state index in [0.29, 0.717) is 17.2 Å². The predicted molar refractivity (Wildman–Crippen MR) is 91.1 cm³/mol. The molecule has 0 fully saturated rings. The molecule has 0 radical (unpaired) electrons. The minimum Gasteiger partial charge on any atom is -0.319 e. The van der Waals surface area contributed by atoms with Gasteiger partial charge in [0.1, 0.15) is 0 Å². The van der Waals surface area contributed by atoms with E-state index in [9.17, 15) is 4.79 Å². The van der Waals surface area contributed by atoms with Gasteiger partial charge in [-0.2, -0.15) is 5.10 Å². The lowest BCUT2D eigenvalue weighted by atomic mass is 10.0. The number of hydrogen-bond acceptors (Lipinski definition) is 4. The normalized spacial score (nSPS) is 10.7. The van der Waals surface area contributed by atoms with E-state index in [-0.39, 0.29) is 5.91 Å². The first-order valence-electron chi connectivity index (χ1n) is 7.42. The summed E-state index contributed by atoms with van der Waals surface area (Å²) in [6.45, 7) is 0. The zero-order valence-corrected chi connectivity index (χ0v) is 12.6. The molecule has 6 heteroatoms. The summed E-state index contributed by atoms with van der Waals surface area (Å²) in [7, 11) is 0. The van der Waals surface area contributed by atoms with Crippen LogP contribution >= 0.6 is 0 Å². The van der Waals surface area contributed by atoms with E-state index >= 15 is 0 Å². The molecule has 0 aliphatic carbocycles. The Kier molecular flexibility index (Phi) is 3.47. The standard InChI is InChI=1S/C18H13N5O/c24-17(16-8-3-6-13-5-1-2-7-15(13)16)22-14-11-19-18(20-12-14)23-10-4-9-21-23/h1-12H,(H,22,24). The number of anilines is 1. The topological polar surface area (TPSA) is 72.7 Å². The largest absolute Gasteiger partial charge is 0.319 e. The van der Waals surface area contributed by atoms with Crippen molar-refractivity contribution in [2.24, 2.45) is 0 Å². The third kappa shape index (κ3) is 2.61. The summed E-state index contributed by atoms with van der Waals surface area (Å²) in [4.78, 5) is 21.0. The van der Waals surface area contributed by atoms with Crippen molar-refractivity contribution in [3.8, 4) is 5.95 Å². The molecule has 6 nitrogen and oxygen atoms in total. The number of nitrogens with zero attached hydrogens (tertiary/aromatic N) is 4. The van der Waals surface area contributed by atoms with Gasteiger partial charge in [-0.15, -0.1) is 0 Å². The number of nitrogens with one attached hydrogen (secondary N) is 1. The first kappa shape index (κ1) is 14.1. The molecule has 0 bridgehead atoms. The lowest BCUT2D eigenvalue weighted by Crippen LogP contribution is -2.13. The van der Waals surface area contributed by atoms with Gasteiger partial charge in [0, 0.05) is 18.0 Å². The van der Waals surface area contributed by atoms with Crippen molar-refractivity contribution >= 4 is 22.4 Å². The van der Waals surface area contributed by atoms with Gasteiger partial charge < -0.3 is 5.32 Å². The van der Waals surface area contributed by atoms with Crippen LogP contribution in [-0.4, -0.2) is 25.7 Å². The van der Waals surface area contributed by atoms with Gasteiger partial charge in [0.2, 0.25) is 0 Å². The fraction of sp³-hybridized carbons (Fsp3) is 0. The molecule has 0 aliphatic rings. The fourth-order valence-electron chi connectivity index (χ4n) is 2.51. The zero-order chi connectivity index (χ0) is 16.4. The molecule has 2 aromatic heterocycles.